The molecule has 3 rings (SSSR count). The molecule has 0 aromatic heterocycles. The van der Waals surface area contributed by atoms with E-state index in [4.69, 9.17) is 0 Å². The van der Waals surface area contributed by atoms with Crippen LogP contribution in [0.25, 0.3) is 0 Å². The van der Waals surface area contributed by atoms with Crippen molar-refractivity contribution in [3.8, 4) is 0 Å². The molecule has 0 bridgehead atoms. The van der Waals surface area contributed by atoms with E-state index in [0.29, 0.717) is 12.6 Å². The van der Waals surface area contributed by atoms with Gasteiger partial charge in [-0.25, -0.2) is 0 Å². The van der Waals surface area contributed by atoms with Crippen molar-refractivity contribution in [3.63, 3.8) is 0 Å². The SMILES string of the molecule is CN(CC1(C(=O)O)CC1)C1CCCN(c2ccccc2)C1. The molecule has 4 heteroatoms. The maximum absolute atomic E-state index is 11.4. The molecule has 114 valence electrons. The first-order chi connectivity index (χ1) is 10.1. The lowest BCUT2D eigenvalue weighted by Crippen LogP contribution is -2.48. The molecule has 1 saturated carbocycles. The molecule has 1 heterocycles. The van der Waals surface area contributed by atoms with E-state index in [1.165, 1.54) is 12.1 Å². The largest absolute Gasteiger partial charge is 0.481 e. The van der Waals surface area contributed by atoms with Crippen molar-refractivity contribution in [1.82, 2.24) is 4.90 Å². The number of anilines is 1. The van der Waals surface area contributed by atoms with E-state index in [9.17, 15) is 9.90 Å². The summed E-state index contributed by atoms with van der Waals surface area (Å²) in [5, 5.41) is 9.34. The van der Waals surface area contributed by atoms with Crippen molar-refractivity contribution in [2.45, 2.75) is 31.7 Å². The second kappa shape index (κ2) is 5.68. The molecule has 1 N–H and O–H groups in total. The first kappa shape index (κ1) is 14.4. The average molecular weight is 288 g/mol. The van der Waals surface area contributed by atoms with Gasteiger partial charge in [-0.3, -0.25) is 4.79 Å². The Morgan fingerprint density at radius 3 is 2.71 bits per heavy atom. The van der Waals surface area contributed by atoms with Gasteiger partial charge in [0.2, 0.25) is 0 Å². The fourth-order valence-electron chi connectivity index (χ4n) is 3.38. The van der Waals surface area contributed by atoms with Crippen molar-refractivity contribution in [3.05, 3.63) is 30.3 Å². The average Bonchev–Trinajstić information content (AvgIpc) is 3.29. The lowest BCUT2D eigenvalue weighted by molar-refractivity contribution is -0.144. The Kier molecular flexibility index (Phi) is 3.89. The van der Waals surface area contributed by atoms with Gasteiger partial charge >= 0.3 is 5.97 Å². The standard InChI is InChI=1S/C17H24N2O2/c1-18(13-17(9-10-17)16(20)21)15-8-5-11-19(12-15)14-6-3-2-4-7-14/h2-4,6-7,15H,5,8-13H2,1H3,(H,20,21). The highest BCUT2D eigenvalue weighted by Crippen LogP contribution is 2.46. The van der Waals surface area contributed by atoms with Crippen LogP contribution in [0.2, 0.25) is 0 Å². The van der Waals surface area contributed by atoms with Crippen molar-refractivity contribution in [2.24, 2.45) is 5.41 Å². The Labute approximate surface area is 126 Å². The third-order valence-corrected chi connectivity index (χ3v) is 5.00. The second-order valence-electron chi connectivity index (χ2n) is 6.58. The second-order valence-corrected chi connectivity index (χ2v) is 6.58. The minimum absolute atomic E-state index is 0.454. The highest BCUT2D eigenvalue weighted by molar-refractivity contribution is 5.78. The molecule has 21 heavy (non-hydrogen) atoms. The van der Waals surface area contributed by atoms with Gasteiger partial charge in [-0.05, 0) is 44.9 Å². The Bertz CT molecular complexity index is 499. The van der Waals surface area contributed by atoms with Crippen LogP contribution in [0.3, 0.4) is 0 Å². The number of piperidine rings is 1. The summed E-state index contributed by atoms with van der Waals surface area (Å²) < 4.78 is 0. The molecule has 1 aliphatic carbocycles. The van der Waals surface area contributed by atoms with E-state index in [0.717, 1.165) is 32.4 Å². The van der Waals surface area contributed by atoms with Gasteiger partial charge in [-0.1, -0.05) is 18.2 Å². The van der Waals surface area contributed by atoms with Gasteiger partial charge in [0.05, 0.1) is 5.41 Å². The summed E-state index contributed by atoms with van der Waals surface area (Å²) in [5.74, 6) is -0.620. The number of carbonyl (C=O) groups is 1. The van der Waals surface area contributed by atoms with Crippen LogP contribution in [0, 0.1) is 5.41 Å². The minimum Gasteiger partial charge on any atom is -0.481 e. The molecule has 4 nitrogen and oxygen atoms in total. The maximum atomic E-state index is 11.4. The molecule has 2 aliphatic rings. The number of likely N-dealkylation sites (N-methyl/N-ethyl adjacent to an activating group) is 1. The lowest BCUT2D eigenvalue weighted by Gasteiger charge is -2.39. The van der Waals surface area contributed by atoms with Gasteiger partial charge in [0, 0.05) is 31.4 Å². The molecule has 0 spiro atoms. The zero-order valence-electron chi connectivity index (χ0n) is 12.7. The van der Waals surface area contributed by atoms with E-state index in [2.05, 4.69) is 41.1 Å². The molecule has 1 unspecified atom stereocenters. The smallest absolute Gasteiger partial charge is 0.310 e. The number of para-hydroxylation sites is 1. The van der Waals surface area contributed by atoms with E-state index in [1.54, 1.807) is 0 Å². The number of carboxylic acids is 1. The molecule has 0 radical (unpaired) electrons. The monoisotopic (exact) mass is 288 g/mol. The molecule has 2 fully saturated rings. The maximum Gasteiger partial charge on any atom is 0.310 e. The number of benzene rings is 1. The van der Waals surface area contributed by atoms with E-state index < -0.39 is 11.4 Å². The van der Waals surface area contributed by atoms with Crippen LogP contribution in [-0.4, -0.2) is 48.7 Å². The summed E-state index contributed by atoms with van der Waals surface area (Å²) in [5.41, 5.74) is 0.819. The quantitative estimate of drug-likeness (QED) is 0.904. The number of nitrogens with zero attached hydrogens (tertiary/aromatic N) is 2. The van der Waals surface area contributed by atoms with Gasteiger partial charge < -0.3 is 14.9 Å². The predicted molar refractivity (Wildman–Crippen MR) is 83.6 cm³/mol. The van der Waals surface area contributed by atoms with Crippen molar-refractivity contribution in [2.75, 3.05) is 31.6 Å². The Morgan fingerprint density at radius 1 is 1.38 bits per heavy atom. The Balaban J connectivity index is 1.62. The van der Waals surface area contributed by atoms with Gasteiger partial charge in [0.15, 0.2) is 0 Å². The summed E-state index contributed by atoms with van der Waals surface area (Å²) in [6.07, 6.45) is 4.00. The van der Waals surface area contributed by atoms with Crippen molar-refractivity contribution < 1.29 is 9.90 Å². The normalized spacial score (nSPS) is 24.1. The molecule has 0 amide bonds. The summed E-state index contributed by atoms with van der Waals surface area (Å²) in [7, 11) is 2.09. The van der Waals surface area contributed by atoms with Crippen LogP contribution in [-0.2, 0) is 4.79 Å². The summed E-state index contributed by atoms with van der Waals surface area (Å²) in [6.45, 7) is 2.78. The van der Waals surface area contributed by atoms with Gasteiger partial charge in [0.25, 0.3) is 0 Å². The molecule has 1 aromatic rings. The molecular formula is C17H24N2O2. The number of carboxylic acid groups (broad SMARTS) is 1. The van der Waals surface area contributed by atoms with E-state index >= 15 is 0 Å². The van der Waals surface area contributed by atoms with Gasteiger partial charge in [0.1, 0.15) is 0 Å². The van der Waals surface area contributed by atoms with Crippen molar-refractivity contribution >= 4 is 11.7 Å². The lowest BCUT2D eigenvalue weighted by atomic mass is 10.0. The van der Waals surface area contributed by atoms with E-state index in [-0.39, 0.29) is 0 Å². The first-order valence-electron chi connectivity index (χ1n) is 7.84. The first-order valence-corrected chi connectivity index (χ1v) is 7.84. The predicted octanol–water partition coefficient (Wildman–Crippen LogP) is 2.45. The summed E-state index contributed by atoms with van der Waals surface area (Å²) in [6, 6.07) is 11.0. The highest BCUT2D eigenvalue weighted by atomic mass is 16.4. The number of aliphatic carboxylic acids is 1. The molecular weight excluding hydrogens is 264 g/mol. The molecule has 1 saturated heterocycles. The number of hydrogen-bond acceptors (Lipinski definition) is 3. The molecule has 1 atom stereocenters. The highest BCUT2D eigenvalue weighted by Gasteiger charge is 2.51. The molecule has 1 aromatic carbocycles. The van der Waals surface area contributed by atoms with Crippen LogP contribution in [0.1, 0.15) is 25.7 Å². The van der Waals surface area contributed by atoms with Crippen LogP contribution in [0.4, 0.5) is 5.69 Å². The number of hydrogen-bond donors (Lipinski definition) is 1. The van der Waals surface area contributed by atoms with Gasteiger partial charge in [-0.15, -0.1) is 0 Å². The summed E-state index contributed by atoms with van der Waals surface area (Å²) in [4.78, 5) is 16.0. The van der Waals surface area contributed by atoms with Crippen LogP contribution >= 0.6 is 0 Å². The zero-order chi connectivity index (χ0) is 14.9. The molecule has 1 aliphatic heterocycles. The zero-order valence-corrected chi connectivity index (χ0v) is 12.7. The summed E-state index contributed by atoms with van der Waals surface area (Å²) >= 11 is 0. The fraction of sp³-hybridized carbons (Fsp3) is 0.588. The Morgan fingerprint density at radius 2 is 2.10 bits per heavy atom. The number of rotatable bonds is 5. The Hall–Kier alpha value is -1.55. The van der Waals surface area contributed by atoms with Gasteiger partial charge in [-0.2, -0.15) is 0 Å². The fourth-order valence-corrected chi connectivity index (χ4v) is 3.38. The minimum atomic E-state index is -0.620. The van der Waals surface area contributed by atoms with Crippen LogP contribution in [0.5, 0.6) is 0 Å². The third kappa shape index (κ3) is 3.05. The van der Waals surface area contributed by atoms with Crippen molar-refractivity contribution in [1.29, 1.82) is 0 Å². The van der Waals surface area contributed by atoms with Crippen LogP contribution < -0.4 is 4.90 Å². The topological polar surface area (TPSA) is 43.8 Å². The van der Waals surface area contributed by atoms with E-state index in [1.807, 2.05) is 6.07 Å². The van der Waals surface area contributed by atoms with Crippen LogP contribution in [0.15, 0.2) is 30.3 Å². The third-order valence-electron chi connectivity index (χ3n) is 5.00.